The highest BCUT2D eigenvalue weighted by atomic mass is 16.5. The van der Waals surface area contributed by atoms with Gasteiger partial charge >= 0.3 is 5.97 Å². The van der Waals surface area contributed by atoms with Gasteiger partial charge in [-0.2, -0.15) is 0 Å². The van der Waals surface area contributed by atoms with Crippen LogP contribution in [-0.2, 0) is 11.2 Å². The second-order valence-corrected chi connectivity index (χ2v) is 3.88. The van der Waals surface area contributed by atoms with E-state index in [1.807, 2.05) is 19.1 Å². The van der Waals surface area contributed by atoms with Crippen LogP contribution in [0.3, 0.4) is 0 Å². The third kappa shape index (κ3) is 2.26. The van der Waals surface area contributed by atoms with Crippen LogP contribution >= 0.6 is 0 Å². The Balaban J connectivity index is 2.64. The normalized spacial score (nSPS) is 10.4. The molecular formula is C13H14N2O3. The number of nitrogens with one attached hydrogen (secondary N) is 1. The fourth-order valence-electron chi connectivity index (χ4n) is 1.82. The topological polar surface area (TPSA) is 71.5 Å². The molecule has 0 saturated carbocycles. The van der Waals surface area contributed by atoms with E-state index in [4.69, 9.17) is 9.94 Å². The van der Waals surface area contributed by atoms with Gasteiger partial charge in [-0.15, -0.1) is 0 Å². The van der Waals surface area contributed by atoms with Crippen molar-refractivity contribution in [1.82, 2.24) is 4.98 Å². The Bertz CT molecular complexity index is 596. The lowest BCUT2D eigenvalue weighted by atomic mass is 10.1. The molecule has 0 saturated heterocycles. The first-order chi connectivity index (χ1) is 8.65. The van der Waals surface area contributed by atoms with E-state index in [9.17, 15) is 4.79 Å². The summed E-state index contributed by atoms with van der Waals surface area (Å²) < 4.78 is 5.09. The van der Waals surface area contributed by atoms with Gasteiger partial charge in [-0.05, 0) is 24.1 Å². The van der Waals surface area contributed by atoms with Crippen LogP contribution in [-0.4, -0.2) is 16.2 Å². The third-order valence-corrected chi connectivity index (χ3v) is 2.63. The largest absolute Gasteiger partial charge is 0.424 e. The number of fused-ring (bicyclic) bond motifs is 1. The number of carbonyl (C=O) groups excluding carboxylic acids is 1. The van der Waals surface area contributed by atoms with Crippen molar-refractivity contribution in [3.8, 4) is 5.75 Å². The van der Waals surface area contributed by atoms with Crippen molar-refractivity contribution in [1.29, 1.82) is 0 Å². The zero-order valence-corrected chi connectivity index (χ0v) is 10.2. The lowest BCUT2D eigenvalue weighted by Gasteiger charge is -2.10. The molecule has 5 nitrogen and oxygen atoms in total. The van der Waals surface area contributed by atoms with E-state index < -0.39 is 5.97 Å². The predicted octanol–water partition coefficient (Wildman–Crippen LogP) is 2.52. The van der Waals surface area contributed by atoms with Crippen LogP contribution in [0.1, 0.15) is 19.4 Å². The van der Waals surface area contributed by atoms with Crippen LogP contribution in [0.15, 0.2) is 24.3 Å². The molecule has 0 radical (unpaired) electrons. The van der Waals surface area contributed by atoms with Gasteiger partial charge in [0.25, 0.3) is 0 Å². The van der Waals surface area contributed by atoms with Gasteiger partial charge in [-0.25, -0.2) is 4.98 Å². The molecular weight excluding hydrogens is 232 g/mol. The molecule has 5 heteroatoms. The average Bonchev–Trinajstić information content (AvgIpc) is 2.37. The minimum absolute atomic E-state index is 0.379. The number of nitrogens with zero attached hydrogens (tertiary/aromatic N) is 1. The summed E-state index contributed by atoms with van der Waals surface area (Å²) in [5.74, 6) is 0.367. The first kappa shape index (κ1) is 12.3. The number of benzene rings is 1. The van der Waals surface area contributed by atoms with Gasteiger partial charge in [0.05, 0.1) is 0 Å². The summed E-state index contributed by atoms with van der Waals surface area (Å²) in [5, 5.41) is 9.93. The number of esters is 1. The number of rotatable bonds is 3. The zero-order chi connectivity index (χ0) is 13.1. The minimum Gasteiger partial charge on any atom is -0.424 e. The molecule has 0 unspecified atom stereocenters. The van der Waals surface area contributed by atoms with Crippen molar-refractivity contribution in [2.45, 2.75) is 20.3 Å². The lowest BCUT2D eigenvalue weighted by molar-refractivity contribution is -0.131. The van der Waals surface area contributed by atoms with E-state index in [0.29, 0.717) is 17.1 Å². The maximum Gasteiger partial charge on any atom is 0.308 e. The number of ether oxygens (including phenoxy) is 1. The van der Waals surface area contributed by atoms with Gasteiger partial charge in [0.2, 0.25) is 0 Å². The molecule has 0 aliphatic heterocycles. The quantitative estimate of drug-likeness (QED) is 0.494. The number of hydrogen-bond acceptors (Lipinski definition) is 5. The molecule has 0 aliphatic rings. The second kappa shape index (κ2) is 5.01. The van der Waals surface area contributed by atoms with E-state index in [2.05, 4.69) is 10.5 Å². The van der Waals surface area contributed by atoms with E-state index in [1.165, 1.54) is 6.92 Å². The highest BCUT2D eigenvalue weighted by Gasteiger charge is 2.10. The van der Waals surface area contributed by atoms with Crippen LogP contribution in [0.4, 0.5) is 5.82 Å². The lowest BCUT2D eigenvalue weighted by Crippen LogP contribution is -2.04. The second-order valence-electron chi connectivity index (χ2n) is 3.88. The molecule has 0 bridgehead atoms. The number of aryl methyl sites for hydroxylation is 1. The molecule has 2 N–H and O–H groups in total. The molecule has 1 aromatic carbocycles. The summed E-state index contributed by atoms with van der Waals surface area (Å²) >= 11 is 0. The van der Waals surface area contributed by atoms with Gasteiger partial charge < -0.3 is 4.74 Å². The highest BCUT2D eigenvalue weighted by molar-refractivity contribution is 5.88. The van der Waals surface area contributed by atoms with Gasteiger partial charge in [-0.1, -0.05) is 19.1 Å². The molecule has 2 rings (SSSR count). The van der Waals surface area contributed by atoms with Crippen molar-refractivity contribution in [2.24, 2.45) is 0 Å². The molecule has 2 aromatic rings. The highest BCUT2D eigenvalue weighted by Crippen LogP contribution is 2.28. The maximum atomic E-state index is 11.0. The van der Waals surface area contributed by atoms with Gasteiger partial charge in [0.15, 0.2) is 11.6 Å². The number of para-hydroxylation sites is 1. The Labute approximate surface area is 104 Å². The van der Waals surface area contributed by atoms with Gasteiger partial charge in [0.1, 0.15) is 5.52 Å². The Morgan fingerprint density at radius 3 is 2.89 bits per heavy atom. The molecule has 18 heavy (non-hydrogen) atoms. The van der Waals surface area contributed by atoms with Crippen molar-refractivity contribution in [3.63, 3.8) is 0 Å². The number of hydrogen-bond donors (Lipinski definition) is 2. The van der Waals surface area contributed by atoms with E-state index in [1.54, 1.807) is 12.1 Å². The summed E-state index contributed by atoms with van der Waals surface area (Å²) in [7, 11) is 0. The number of carbonyl (C=O) groups is 1. The summed E-state index contributed by atoms with van der Waals surface area (Å²) in [5.41, 5.74) is 3.50. The van der Waals surface area contributed by atoms with E-state index in [0.717, 1.165) is 17.4 Å². The average molecular weight is 246 g/mol. The maximum absolute atomic E-state index is 11.0. The number of pyridine rings is 1. The number of anilines is 1. The molecule has 0 spiro atoms. The third-order valence-electron chi connectivity index (χ3n) is 2.63. The molecule has 1 heterocycles. The van der Waals surface area contributed by atoms with E-state index >= 15 is 0 Å². The predicted molar refractivity (Wildman–Crippen MR) is 67.8 cm³/mol. The summed E-state index contributed by atoms with van der Waals surface area (Å²) in [4.78, 5) is 15.3. The van der Waals surface area contributed by atoms with Gasteiger partial charge in [0, 0.05) is 12.3 Å². The first-order valence-corrected chi connectivity index (χ1v) is 5.67. The first-order valence-electron chi connectivity index (χ1n) is 5.67. The molecule has 0 atom stereocenters. The fraction of sp³-hybridized carbons (Fsp3) is 0.231. The van der Waals surface area contributed by atoms with Crippen LogP contribution in [0.25, 0.3) is 10.9 Å². The minimum atomic E-state index is -0.401. The van der Waals surface area contributed by atoms with Crippen molar-refractivity contribution >= 4 is 22.7 Å². The van der Waals surface area contributed by atoms with Crippen molar-refractivity contribution in [3.05, 3.63) is 29.8 Å². The molecule has 0 amide bonds. The Kier molecular flexibility index (Phi) is 3.43. The molecule has 0 fully saturated rings. The monoisotopic (exact) mass is 246 g/mol. The zero-order valence-electron chi connectivity index (χ0n) is 10.2. The SMILES string of the molecule is CCc1cc2cccc(OC(C)=O)c2nc1NO. The Hall–Kier alpha value is -2.14. The molecule has 94 valence electrons. The van der Waals surface area contributed by atoms with Crippen molar-refractivity contribution in [2.75, 3.05) is 5.48 Å². The summed E-state index contributed by atoms with van der Waals surface area (Å²) in [6.07, 6.45) is 0.740. The van der Waals surface area contributed by atoms with Crippen molar-refractivity contribution < 1.29 is 14.7 Å². The van der Waals surface area contributed by atoms with Crippen LogP contribution in [0.2, 0.25) is 0 Å². The van der Waals surface area contributed by atoms with Crippen LogP contribution in [0.5, 0.6) is 5.75 Å². The van der Waals surface area contributed by atoms with Crippen LogP contribution < -0.4 is 10.2 Å². The molecule has 0 aliphatic carbocycles. The Morgan fingerprint density at radius 1 is 1.50 bits per heavy atom. The molecule has 1 aromatic heterocycles. The van der Waals surface area contributed by atoms with Crippen LogP contribution in [0, 0.1) is 0 Å². The standard InChI is InChI=1S/C13H14N2O3/c1-3-9-7-10-5-4-6-11(18-8(2)16)12(10)14-13(9)15-17/h4-7,17H,3H2,1-2H3,(H,14,15). The van der Waals surface area contributed by atoms with E-state index in [-0.39, 0.29) is 0 Å². The Morgan fingerprint density at radius 2 is 2.28 bits per heavy atom. The fourth-order valence-corrected chi connectivity index (χ4v) is 1.82. The number of aromatic nitrogens is 1. The van der Waals surface area contributed by atoms with Gasteiger partial charge in [-0.3, -0.25) is 15.5 Å². The summed E-state index contributed by atoms with van der Waals surface area (Å²) in [6.45, 7) is 3.31. The summed E-state index contributed by atoms with van der Waals surface area (Å²) in [6, 6.07) is 7.26. The smallest absolute Gasteiger partial charge is 0.308 e.